The van der Waals surface area contributed by atoms with E-state index < -0.39 is 0 Å². The van der Waals surface area contributed by atoms with Gasteiger partial charge in [0.25, 0.3) is 5.91 Å². The van der Waals surface area contributed by atoms with E-state index in [9.17, 15) is 4.79 Å². The lowest BCUT2D eigenvalue weighted by molar-refractivity contribution is 0.0511. The van der Waals surface area contributed by atoms with Gasteiger partial charge in [-0.05, 0) is 56.0 Å². The van der Waals surface area contributed by atoms with Crippen molar-refractivity contribution in [2.45, 2.75) is 25.7 Å². The predicted octanol–water partition coefficient (Wildman–Crippen LogP) is 3.64. The number of aryl methyl sites for hydroxylation is 2. The molecule has 0 unspecified atom stereocenters. The van der Waals surface area contributed by atoms with Crippen molar-refractivity contribution >= 4 is 18.3 Å². The first kappa shape index (κ1) is 22.4. The van der Waals surface area contributed by atoms with Crippen LogP contribution in [0.1, 0.15) is 34.3 Å². The maximum atomic E-state index is 12.9. The zero-order valence-corrected chi connectivity index (χ0v) is 17.4. The average Bonchev–Trinajstić information content (AvgIpc) is 2.72. The summed E-state index contributed by atoms with van der Waals surface area (Å²) < 4.78 is 5.45. The molecule has 0 bridgehead atoms. The largest absolute Gasteiger partial charge is 0.384 e. The van der Waals surface area contributed by atoms with Crippen molar-refractivity contribution in [3.8, 4) is 0 Å². The van der Waals surface area contributed by atoms with E-state index in [4.69, 9.17) is 4.74 Å². The maximum Gasteiger partial charge on any atom is 0.251 e. The third-order valence-corrected chi connectivity index (χ3v) is 5.53. The first-order valence-corrected chi connectivity index (χ1v) is 9.82. The first-order chi connectivity index (χ1) is 13.2. The molecule has 28 heavy (non-hydrogen) atoms. The van der Waals surface area contributed by atoms with Gasteiger partial charge in [-0.15, -0.1) is 12.4 Å². The lowest BCUT2D eigenvalue weighted by Crippen LogP contribution is -2.47. The highest BCUT2D eigenvalue weighted by molar-refractivity contribution is 5.95. The lowest BCUT2D eigenvalue weighted by atomic mass is 9.79. The van der Waals surface area contributed by atoms with Crippen LogP contribution in [0, 0.1) is 5.41 Å². The molecule has 1 amide bonds. The van der Waals surface area contributed by atoms with E-state index >= 15 is 0 Å². The summed E-state index contributed by atoms with van der Waals surface area (Å²) in [5, 5.41) is 6.58. The van der Waals surface area contributed by atoms with E-state index in [2.05, 4.69) is 41.0 Å². The SMILES string of the molecule is COCC1(CNC(=O)c2ccccc2CCc2ccccc2)CCNCC1.Cl. The molecule has 1 heterocycles. The topological polar surface area (TPSA) is 50.4 Å². The van der Waals surface area contributed by atoms with Crippen molar-refractivity contribution in [2.75, 3.05) is 33.4 Å². The Morgan fingerprint density at radius 1 is 1.04 bits per heavy atom. The Morgan fingerprint density at radius 3 is 2.43 bits per heavy atom. The van der Waals surface area contributed by atoms with Crippen LogP contribution >= 0.6 is 12.4 Å². The number of rotatable bonds is 8. The molecule has 0 atom stereocenters. The van der Waals surface area contributed by atoms with Crippen molar-refractivity contribution < 1.29 is 9.53 Å². The number of halogens is 1. The summed E-state index contributed by atoms with van der Waals surface area (Å²) in [6.45, 7) is 3.30. The summed E-state index contributed by atoms with van der Waals surface area (Å²) in [6.07, 6.45) is 3.85. The van der Waals surface area contributed by atoms with Crippen LogP contribution in [0.3, 0.4) is 0 Å². The predicted molar refractivity (Wildman–Crippen MR) is 116 cm³/mol. The molecule has 0 spiro atoms. The summed E-state index contributed by atoms with van der Waals surface area (Å²) in [7, 11) is 1.74. The van der Waals surface area contributed by atoms with Crippen LogP contribution in [0.4, 0.5) is 0 Å². The van der Waals surface area contributed by atoms with Crippen molar-refractivity contribution in [1.82, 2.24) is 10.6 Å². The van der Waals surface area contributed by atoms with E-state index in [1.165, 1.54) is 5.56 Å². The van der Waals surface area contributed by atoms with E-state index in [0.29, 0.717) is 13.2 Å². The van der Waals surface area contributed by atoms with Crippen LogP contribution < -0.4 is 10.6 Å². The van der Waals surface area contributed by atoms with Gasteiger partial charge in [0.2, 0.25) is 0 Å². The second-order valence-electron chi connectivity index (χ2n) is 7.51. The number of methoxy groups -OCH3 is 1. The molecule has 0 radical (unpaired) electrons. The standard InChI is InChI=1S/C23H30N2O2.ClH/c1-27-18-23(13-15-24-16-14-23)17-25-22(26)21-10-6-5-9-20(21)12-11-19-7-3-2-4-8-19;/h2-10,24H,11-18H2,1H3,(H,25,26);1H. The fraction of sp³-hybridized carbons (Fsp3) is 0.435. The molecule has 2 aromatic carbocycles. The minimum Gasteiger partial charge on any atom is -0.384 e. The van der Waals surface area contributed by atoms with Gasteiger partial charge < -0.3 is 15.4 Å². The van der Waals surface area contributed by atoms with Gasteiger partial charge >= 0.3 is 0 Å². The molecule has 2 N–H and O–H groups in total. The van der Waals surface area contributed by atoms with Crippen LogP contribution in [-0.2, 0) is 17.6 Å². The molecule has 0 saturated carbocycles. The summed E-state index contributed by atoms with van der Waals surface area (Å²) in [4.78, 5) is 12.9. The van der Waals surface area contributed by atoms with Crippen LogP contribution in [0.5, 0.6) is 0 Å². The van der Waals surface area contributed by atoms with Gasteiger partial charge in [0, 0.05) is 24.6 Å². The fourth-order valence-electron chi connectivity index (χ4n) is 3.88. The van der Waals surface area contributed by atoms with Crippen LogP contribution in [0.15, 0.2) is 54.6 Å². The fourth-order valence-corrected chi connectivity index (χ4v) is 3.88. The Labute approximate surface area is 174 Å². The Kier molecular flexibility index (Phi) is 8.97. The Morgan fingerprint density at radius 2 is 1.71 bits per heavy atom. The van der Waals surface area contributed by atoms with E-state index in [0.717, 1.165) is 49.9 Å². The molecule has 4 nitrogen and oxygen atoms in total. The third-order valence-electron chi connectivity index (χ3n) is 5.53. The van der Waals surface area contributed by atoms with Crippen LogP contribution in [0.25, 0.3) is 0 Å². The first-order valence-electron chi connectivity index (χ1n) is 9.82. The van der Waals surface area contributed by atoms with E-state index in [-0.39, 0.29) is 23.7 Å². The monoisotopic (exact) mass is 402 g/mol. The van der Waals surface area contributed by atoms with Gasteiger partial charge in [-0.1, -0.05) is 48.5 Å². The van der Waals surface area contributed by atoms with Crippen LogP contribution in [0.2, 0.25) is 0 Å². The third kappa shape index (κ3) is 6.06. The number of benzene rings is 2. The number of hydrogen-bond donors (Lipinski definition) is 2. The van der Waals surface area contributed by atoms with Gasteiger partial charge in [-0.3, -0.25) is 4.79 Å². The van der Waals surface area contributed by atoms with E-state index in [1.54, 1.807) is 7.11 Å². The van der Waals surface area contributed by atoms with E-state index in [1.807, 2.05) is 24.3 Å². The number of piperidine rings is 1. The highest BCUT2D eigenvalue weighted by atomic mass is 35.5. The molecular weight excluding hydrogens is 372 g/mol. The molecule has 1 fully saturated rings. The molecule has 152 valence electrons. The summed E-state index contributed by atoms with van der Waals surface area (Å²) in [6, 6.07) is 18.4. The Bertz CT molecular complexity index is 725. The van der Waals surface area contributed by atoms with Crippen molar-refractivity contribution in [1.29, 1.82) is 0 Å². The molecule has 1 aliphatic heterocycles. The highest BCUT2D eigenvalue weighted by Crippen LogP contribution is 2.28. The Balaban J connectivity index is 0.00000280. The maximum absolute atomic E-state index is 12.9. The molecule has 3 rings (SSSR count). The molecule has 2 aromatic rings. The van der Waals surface area contributed by atoms with Gasteiger partial charge in [0.05, 0.1) is 6.61 Å². The second kappa shape index (κ2) is 11.2. The minimum atomic E-state index is 0. The van der Waals surface area contributed by atoms with Crippen molar-refractivity contribution in [2.24, 2.45) is 5.41 Å². The highest BCUT2D eigenvalue weighted by Gasteiger charge is 2.32. The minimum absolute atomic E-state index is 0. The summed E-state index contributed by atoms with van der Waals surface area (Å²) in [5.41, 5.74) is 3.22. The number of nitrogens with one attached hydrogen (secondary N) is 2. The molecule has 1 aliphatic rings. The lowest BCUT2D eigenvalue weighted by Gasteiger charge is -2.37. The van der Waals surface area contributed by atoms with Crippen LogP contribution in [-0.4, -0.2) is 39.3 Å². The van der Waals surface area contributed by atoms with Gasteiger partial charge in [0.1, 0.15) is 0 Å². The van der Waals surface area contributed by atoms with Crippen molar-refractivity contribution in [3.63, 3.8) is 0 Å². The zero-order chi connectivity index (χ0) is 19.0. The Hall–Kier alpha value is -1.88. The number of amides is 1. The zero-order valence-electron chi connectivity index (χ0n) is 16.6. The summed E-state index contributed by atoms with van der Waals surface area (Å²) >= 11 is 0. The van der Waals surface area contributed by atoms with Gasteiger partial charge in [-0.25, -0.2) is 0 Å². The molecule has 0 aliphatic carbocycles. The smallest absolute Gasteiger partial charge is 0.251 e. The van der Waals surface area contributed by atoms with Crippen molar-refractivity contribution in [3.05, 3.63) is 71.3 Å². The molecule has 5 heteroatoms. The average molecular weight is 403 g/mol. The number of carbonyl (C=O) groups is 1. The second-order valence-corrected chi connectivity index (χ2v) is 7.51. The van der Waals surface area contributed by atoms with Gasteiger partial charge in [-0.2, -0.15) is 0 Å². The number of carbonyl (C=O) groups excluding carboxylic acids is 1. The molecular formula is C23H31ClN2O2. The molecule has 0 aromatic heterocycles. The number of hydrogen-bond acceptors (Lipinski definition) is 3. The molecule has 1 saturated heterocycles. The van der Waals surface area contributed by atoms with Gasteiger partial charge in [0.15, 0.2) is 0 Å². The normalized spacial score (nSPS) is 15.5. The summed E-state index contributed by atoms with van der Waals surface area (Å²) in [5.74, 6) is 0.0210. The quantitative estimate of drug-likeness (QED) is 0.708. The number of ether oxygens (including phenoxy) is 1.